The third-order valence-corrected chi connectivity index (χ3v) is 11.3. The smallest absolute Gasteiger partial charge is 0.305 e. The Labute approximate surface area is 342 Å². The Bertz CT molecular complexity index is 817. The minimum Gasteiger partial charge on any atom is -0.466 e. The molecule has 0 aromatic rings. The Hall–Kier alpha value is -1.40. The van der Waals surface area contributed by atoms with Gasteiger partial charge in [0.15, 0.2) is 0 Å². The molecular weight excluding hydrogens is 683 g/mol. The number of esters is 1. The van der Waals surface area contributed by atoms with Crippen molar-refractivity contribution in [1.82, 2.24) is 5.32 Å². The molecule has 6 nitrogen and oxygen atoms in total. The van der Waals surface area contributed by atoms with Crippen LogP contribution in [0.4, 0.5) is 0 Å². The third kappa shape index (κ3) is 42.0. The zero-order chi connectivity index (χ0) is 40.1. The van der Waals surface area contributed by atoms with E-state index < -0.39 is 12.1 Å². The fourth-order valence-corrected chi connectivity index (χ4v) is 7.51. The number of unbranched alkanes of at least 4 members (excludes halogenated alkanes) is 34. The van der Waals surface area contributed by atoms with Crippen LogP contribution in [0.3, 0.4) is 0 Å². The van der Waals surface area contributed by atoms with E-state index >= 15 is 0 Å². The number of amides is 1. The van der Waals surface area contributed by atoms with Crippen molar-refractivity contribution in [2.75, 3.05) is 13.2 Å². The molecule has 0 aromatic heterocycles. The van der Waals surface area contributed by atoms with Crippen LogP contribution in [-0.4, -0.2) is 47.4 Å². The Kier molecular flexibility index (Phi) is 44.2. The Balaban J connectivity index is 3.51. The summed E-state index contributed by atoms with van der Waals surface area (Å²) in [5.74, 6) is -0.109. The van der Waals surface area contributed by atoms with Gasteiger partial charge in [-0.05, 0) is 32.1 Å². The van der Waals surface area contributed by atoms with E-state index in [9.17, 15) is 19.8 Å². The molecule has 0 fully saturated rings. The van der Waals surface area contributed by atoms with Crippen molar-refractivity contribution in [3.8, 4) is 0 Å². The molecule has 0 rings (SSSR count). The van der Waals surface area contributed by atoms with E-state index in [0.717, 1.165) is 57.8 Å². The highest BCUT2D eigenvalue weighted by molar-refractivity contribution is 5.76. The van der Waals surface area contributed by atoms with Gasteiger partial charge in [-0.2, -0.15) is 0 Å². The second kappa shape index (κ2) is 45.3. The minimum atomic E-state index is -0.857. The molecule has 0 bridgehead atoms. The van der Waals surface area contributed by atoms with Crippen LogP contribution in [0.1, 0.15) is 264 Å². The SMILES string of the molecule is CCCCCCCCCCCCCC/C=C/C(O)C(CO)NC(=O)CCCCCCCCCCCCOC(=O)CCCCCCCCCCCCCCCC. The second-order valence-corrected chi connectivity index (χ2v) is 16.8. The fraction of sp³-hybridized carbons (Fsp3) is 0.918. The van der Waals surface area contributed by atoms with Crippen molar-refractivity contribution >= 4 is 11.9 Å². The van der Waals surface area contributed by atoms with Gasteiger partial charge in [-0.1, -0.05) is 231 Å². The number of rotatable bonds is 45. The number of aliphatic hydroxyl groups is 2. The van der Waals surface area contributed by atoms with Gasteiger partial charge in [0.1, 0.15) is 0 Å². The highest BCUT2D eigenvalue weighted by Gasteiger charge is 2.18. The molecule has 0 aliphatic heterocycles. The number of carbonyl (C=O) groups excluding carboxylic acids is 2. The molecule has 0 saturated heterocycles. The van der Waals surface area contributed by atoms with Gasteiger partial charge in [0, 0.05) is 12.8 Å². The average Bonchev–Trinajstić information content (AvgIpc) is 3.18. The van der Waals surface area contributed by atoms with Crippen LogP contribution in [0.2, 0.25) is 0 Å². The van der Waals surface area contributed by atoms with Crippen LogP contribution in [0.15, 0.2) is 12.2 Å². The van der Waals surface area contributed by atoms with Gasteiger partial charge in [0.05, 0.1) is 25.4 Å². The summed E-state index contributed by atoms with van der Waals surface area (Å²) in [5, 5.41) is 23.0. The molecule has 2 unspecified atom stereocenters. The molecule has 0 aliphatic rings. The van der Waals surface area contributed by atoms with Gasteiger partial charge in [-0.3, -0.25) is 9.59 Å². The highest BCUT2D eigenvalue weighted by Crippen LogP contribution is 2.16. The van der Waals surface area contributed by atoms with Gasteiger partial charge < -0.3 is 20.3 Å². The zero-order valence-corrected chi connectivity index (χ0v) is 36.9. The Morgan fingerprint density at radius 3 is 1.24 bits per heavy atom. The van der Waals surface area contributed by atoms with E-state index in [1.165, 1.54) is 180 Å². The van der Waals surface area contributed by atoms with Crippen LogP contribution < -0.4 is 5.32 Å². The molecule has 2 atom stereocenters. The fourth-order valence-electron chi connectivity index (χ4n) is 7.51. The summed E-state index contributed by atoms with van der Waals surface area (Å²) in [7, 11) is 0. The molecule has 0 aliphatic carbocycles. The molecule has 55 heavy (non-hydrogen) atoms. The lowest BCUT2D eigenvalue weighted by Gasteiger charge is -2.20. The van der Waals surface area contributed by atoms with E-state index in [-0.39, 0.29) is 18.5 Å². The zero-order valence-electron chi connectivity index (χ0n) is 36.9. The van der Waals surface area contributed by atoms with Gasteiger partial charge in [0.25, 0.3) is 0 Å². The predicted octanol–water partition coefficient (Wildman–Crippen LogP) is 14.2. The molecule has 0 saturated carbocycles. The van der Waals surface area contributed by atoms with E-state index in [2.05, 4.69) is 19.2 Å². The maximum absolute atomic E-state index is 12.4. The first kappa shape index (κ1) is 53.6. The molecule has 0 heterocycles. The summed E-state index contributed by atoms with van der Waals surface area (Å²) in [6.07, 6.45) is 50.5. The van der Waals surface area contributed by atoms with Gasteiger partial charge in [-0.25, -0.2) is 0 Å². The number of allylic oxidation sites excluding steroid dienone is 1. The monoisotopic (exact) mass is 778 g/mol. The van der Waals surface area contributed by atoms with Crippen molar-refractivity contribution in [3.63, 3.8) is 0 Å². The summed E-state index contributed by atoms with van der Waals surface area (Å²) in [5.41, 5.74) is 0. The van der Waals surface area contributed by atoms with Crippen molar-refractivity contribution in [2.45, 2.75) is 276 Å². The third-order valence-electron chi connectivity index (χ3n) is 11.3. The second-order valence-electron chi connectivity index (χ2n) is 16.8. The largest absolute Gasteiger partial charge is 0.466 e. The molecule has 326 valence electrons. The molecule has 0 spiro atoms. The summed E-state index contributed by atoms with van der Waals surface area (Å²) in [6, 6.07) is -0.642. The first-order chi connectivity index (χ1) is 27.0. The minimum absolute atomic E-state index is 0.0187. The number of aliphatic hydroxyl groups excluding tert-OH is 2. The standard InChI is InChI=1S/C49H95NO5/c1-3-5-7-9-11-13-15-17-19-21-25-29-33-37-41-47(52)46(45-51)50-48(53)42-38-34-30-26-23-24-28-32-36-40-44-55-49(54)43-39-35-31-27-22-20-18-16-14-12-10-8-6-4-2/h37,41,46-47,51-52H,3-36,38-40,42-45H2,1-2H3,(H,50,53)/b41-37+. The number of carbonyl (C=O) groups is 2. The maximum atomic E-state index is 12.4. The van der Waals surface area contributed by atoms with E-state index in [0.29, 0.717) is 19.4 Å². The lowest BCUT2D eigenvalue weighted by atomic mass is 10.0. The molecule has 1 amide bonds. The van der Waals surface area contributed by atoms with Gasteiger partial charge in [0.2, 0.25) is 5.91 Å². The quantitative estimate of drug-likeness (QED) is 0.0325. The molecular formula is C49H95NO5. The lowest BCUT2D eigenvalue weighted by molar-refractivity contribution is -0.143. The topological polar surface area (TPSA) is 95.9 Å². The van der Waals surface area contributed by atoms with Crippen molar-refractivity contribution < 1.29 is 24.5 Å². The van der Waals surface area contributed by atoms with Crippen LogP contribution in [0.5, 0.6) is 0 Å². The van der Waals surface area contributed by atoms with Crippen LogP contribution >= 0.6 is 0 Å². The van der Waals surface area contributed by atoms with Gasteiger partial charge >= 0.3 is 5.97 Å². The highest BCUT2D eigenvalue weighted by atomic mass is 16.5. The van der Waals surface area contributed by atoms with Crippen molar-refractivity contribution in [1.29, 1.82) is 0 Å². The van der Waals surface area contributed by atoms with E-state index in [1.54, 1.807) is 6.08 Å². The normalized spacial score (nSPS) is 12.7. The predicted molar refractivity (Wildman–Crippen MR) is 237 cm³/mol. The summed E-state index contributed by atoms with van der Waals surface area (Å²) < 4.78 is 5.45. The molecule has 0 radical (unpaired) electrons. The molecule has 6 heteroatoms. The first-order valence-corrected chi connectivity index (χ1v) is 24.5. The average molecular weight is 778 g/mol. The first-order valence-electron chi connectivity index (χ1n) is 24.5. The van der Waals surface area contributed by atoms with E-state index in [4.69, 9.17) is 4.74 Å². The maximum Gasteiger partial charge on any atom is 0.305 e. The van der Waals surface area contributed by atoms with Crippen LogP contribution in [0.25, 0.3) is 0 Å². The Morgan fingerprint density at radius 2 is 0.836 bits per heavy atom. The van der Waals surface area contributed by atoms with Crippen LogP contribution in [0, 0.1) is 0 Å². The lowest BCUT2D eigenvalue weighted by Crippen LogP contribution is -2.45. The number of ether oxygens (including phenoxy) is 1. The summed E-state index contributed by atoms with van der Waals surface area (Å²) >= 11 is 0. The van der Waals surface area contributed by atoms with Gasteiger partial charge in [-0.15, -0.1) is 0 Å². The van der Waals surface area contributed by atoms with Crippen molar-refractivity contribution in [2.24, 2.45) is 0 Å². The summed E-state index contributed by atoms with van der Waals surface area (Å²) in [4.78, 5) is 24.4. The van der Waals surface area contributed by atoms with E-state index in [1.807, 2.05) is 6.08 Å². The van der Waals surface area contributed by atoms with Crippen LogP contribution in [-0.2, 0) is 14.3 Å². The molecule has 3 N–H and O–H groups in total. The molecule has 0 aromatic carbocycles. The number of nitrogens with one attached hydrogen (secondary N) is 1. The number of hydrogen-bond acceptors (Lipinski definition) is 5. The Morgan fingerprint density at radius 1 is 0.491 bits per heavy atom. The van der Waals surface area contributed by atoms with Crippen molar-refractivity contribution in [3.05, 3.63) is 12.2 Å². The summed E-state index contributed by atoms with van der Waals surface area (Å²) in [6.45, 7) is 4.85. The number of hydrogen-bond donors (Lipinski definition) is 3.